The lowest BCUT2D eigenvalue weighted by atomic mass is 9.87. The molecule has 1 amide bonds. The van der Waals surface area contributed by atoms with Crippen molar-refractivity contribution in [1.29, 1.82) is 0 Å². The second kappa shape index (κ2) is 8.62. The number of hydrogen-bond acceptors (Lipinski definition) is 3. The molecule has 0 bridgehead atoms. The molecule has 1 aromatic heterocycles. The van der Waals surface area contributed by atoms with Gasteiger partial charge in [0.1, 0.15) is 11.2 Å². The number of nitrogens with zero attached hydrogens (tertiary/aromatic N) is 1. The lowest BCUT2D eigenvalue weighted by molar-refractivity contribution is -0.181. The molecule has 1 atom stereocenters. The molecule has 3 aromatic rings. The molecule has 8 heteroatoms. The molecule has 0 aliphatic carbocycles. The molecule has 1 heterocycles. The number of methoxy groups -OCH3 is 1. The monoisotopic (exact) mass is 464 g/mol. The Morgan fingerprint density at radius 1 is 1.16 bits per heavy atom. The van der Waals surface area contributed by atoms with E-state index >= 15 is 0 Å². The summed E-state index contributed by atoms with van der Waals surface area (Å²) in [6.45, 7) is 5.79. The molecule has 1 N–H and O–H groups in total. The number of hydrogen-bond donors (Lipinski definition) is 1. The van der Waals surface area contributed by atoms with E-state index in [1.807, 2.05) is 13.0 Å². The number of aryl methyl sites for hydroxylation is 1. The average Bonchev–Trinajstić information content (AvgIpc) is 2.73. The fourth-order valence-electron chi connectivity index (χ4n) is 3.41. The highest BCUT2D eigenvalue weighted by Crippen LogP contribution is 2.40. The highest BCUT2D eigenvalue weighted by atomic mass is 35.5. The van der Waals surface area contributed by atoms with E-state index in [2.05, 4.69) is 10.3 Å². The normalized spacial score (nSPS) is 13.2. The minimum absolute atomic E-state index is 0.153. The molecule has 170 valence electrons. The molecule has 1 unspecified atom stereocenters. The minimum atomic E-state index is -4.48. The van der Waals surface area contributed by atoms with Crippen LogP contribution in [0, 0.1) is 6.92 Å². The fraction of sp³-hybridized carbons (Fsp3) is 0.333. The zero-order valence-corrected chi connectivity index (χ0v) is 19.2. The average molecular weight is 465 g/mol. The number of para-hydroxylation sites is 1. The summed E-state index contributed by atoms with van der Waals surface area (Å²) in [6.07, 6.45) is -4.48. The van der Waals surface area contributed by atoms with Gasteiger partial charge >= 0.3 is 6.18 Å². The molecular formula is C24H24ClF3N2O2. The number of rotatable bonds is 5. The van der Waals surface area contributed by atoms with Crippen LogP contribution in [0.15, 0.2) is 42.5 Å². The van der Waals surface area contributed by atoms with E-state index in [1.165, 1.54) is 6.07 Å². The van der Waals surface area contributed by atoms with Crippen molar-refractivity contribution in [2.24, 2.45) is 0 Å². The van der Waals surface area contributed by atoms with Crippen LogP contribution in [0.25, 0.3) is 10.9 Å². The number of benzene rings is 2. The van der Waals surface area contributed by atoms with Crippen LogP contribution in [-0.2, 0) is 5.41 Å². The lowest BCUT2D eigenvalue weighted by Gasteiger charge is -2.27. The largest absolute Gasteiger partial charge is 0.496 e. The van der Waals surface area contributed by atoms with Crippen molar-refractivity contribution >= 4 is 28.4 Å². The minimum Gasteiger partial charge on any atom is -0.496 e. The number of carbonyl (C=O) groups excluding carboxylic acids is 1. The third-order valence-corrected chi connectivity index (χ3v) is 5.97. The van der Waals surface area contributed by atoms with Gasteiger partial charge in [0.2, 0.25) is 0 Å². The molecule has 0 saturated heterocycles. The van der Waals surface area contributed by atoms with Gasteiger partial charge < -0.3 is 10.1 Å². The summed E-state index contributed by atoms with van der Waals surface area (Å²) in [5.41, 5.74) is -0.352. The lowest BCUT2D eigenvalue weighted by Crippen LogP contribution is -2.37. The summed E-state index contributed by atoms with van der Waals surface area (Å²) in [7, 11) is 1.55. The number of fused-ring (bicyclic) bond motifs is 1. The van der Waals surface area contributed by atoms with Gasteiger partial charge in [0, 0.05) is 10.4 Å². The number of halogens is 4. The number of pyridine rings is 1. The first-order chi connectivity index (χ1) is 14.9. The first kappa shape index (κ1) is 23.9. The van der Waals surface area contributed by atoms with Crippen molar-refractivity contribution in [3.05, 3.63) is 69.9 Å². The first-order valence-electron chi connectivity index (χ1n) is 9.98. The van der Waals surface area contributed by atoms with E-state index in [1.54, 1.807) is 44.4 Å². The Bertz CT molecular complexity index is 1180. The Kier molecular flexibility index (Phi) is 6.43. The van der Waals surface area contributed by atoms with Gasteiger partial charge in [-0.3, -0.25) is 9.78 Å². The Morgan fingerprint density at radius 2 is 1.84 bits per heavy atom. The number of amides is 1. The van der Waals surface area contributed by atoms with E-state index < -0.39 is 23.5 Å². The third-order valence-electron chi connectivity index (χ3n) is 5.64. The Morgan fingerprint density at radius 3 is 2.47 bits per heavy atom. The Labute approximate surface area is 189 Å². The van der Waals surface area contributed by atoms with E-state index in [0.29, 0.717) is 21.7 Å². The third kappa shape index (κ3) is 4.39. The van der Waals surface area contributed by atoms with Crippen LogP contribution in [0.1, 0.15) is 54.0 Å². The quantitative estimate of drug-likeness (QED) is 0.466. The Balaban J connectivity index is 1.98. The second-order valence-electron chi connectivity index (χ2n) is 8.24. The fourth-order valence-corrected chi connectivity index (χ4v) is 3.73. The molecule has 2 aromatic carbocycles. The van der Waals surface area contributed by atoms with Gasteiger partial charge in [-0.15, -0.1) is 0 Å². The predicted molar refractivity (Wildman–Crippen MR) is 119 cm³/mol. The molecule has 3 rings (SSSR count). The molecule has 0 saturated carbocycles. The number of aromatic nitrogens is 1. The van der Waals surface area contributed by atoms with Crippen LogP contribution in [0.2, 0.25) is 5.02 Å². The van der Waals surface area contributed by atoms with Gasteiger partial charge in [-0.05, 0) is 63.1 Å². The summed E-state index contributed by atoms with van der Waals surface area (Å²) in [5, 5.41) is 3.88. The van der Waals surface area contributed by atoms with Crippen LogP contribution in [0.3, 0.4) is 0 Å². The van der Waals surface area contributed by atoms with Gasteiger partial charge in [0.05, 0.1) is 29.9 Å². The molecule has 0 aliphatic heterocycles. The van der Waals surface area contributed by atoms with Crippen molar-refractivity contribution in [2.75, 3.05) is 7.11 Å². The van der Waals surface area contributed by atoms with E-state index in [-0.39, 0.29) is 16.8 Å². The first-order valence-corrected chi connectivity index (χ1v) is 10.4. The van der Waals surface area contributed by atoms with E-state index in [9.17, 15) is 18.0 Å². The van der Waals surface area contributed by atoms with Gasteiger partial charge in [-0.2, -0.15) is 13.2 Å². The van der Waals surface area contributed by atoms with Gasteiger partial charge in [0.25, 0.3) is 5.91 Å². The zero-order valence-electron chi connectivity index (χ0n) is 18.4. The molecule has 0 radical (unpaired) electrons. The molecule has 0 spiro atoms. The van der Waals surface area contributed by atoms with Crippen LogP contribution in [0.4, 0.5) is 13.2 Å². The maximum atomic E-state index is 13.5. The van der Waals surface area contributed by atoms with Crippen LogP contribution in [0.5, 0.6) is 5.75 Å². The number of nitrogens with one attached hydrogen (secondary N) is 1. The topological polar surface area (TPSA) is 51.2 Å². The molecule has 4 nitrogen and oxygen atoms in total. The summed E-state index contributed by atoms with van der Waals surface area (Å²) in [5.74, 6) is 0.178. The van der Waals surface area contributed by atoms with Gasteiger partial charge in [0.15, 0.2) is 0 Å². The maximum Gasteiger partial charge on any atom is 0.399 e. The second-order valence-corrected chi connectivity index (χ2v) is 8.64. The van der Waals surface area contributed by atoms with Crippen molar-refractivity contribution in [1.82, 2.24) is 10.3 Å². The standard InChI is InChI=1S/C24H24ClF3N2O2/c1-13-11-17(18(25)12-19(13)32-5)14(2)29-22(31)16-8-6-7-15-9-10-20(30-21(15)16)23(3,4)24(26,27)28/h6-12,14H,1-5H3,(H,29,31). The smallest absolute Gasteiger partial charge is 0.399 e. The highest BCUT2D eigenvalue weighted by Gasteiger charge is 2.49. The van der Waals surface area contributed by atoms with Crippen LogP contribution < -0.4 is 10.1 Å². The molecule has 32 heavy (non-hydrogen) atoms. The predicted octanol–water partition coefficient (Wildman–Crippen LogP) is 6.54. The van der Waals surface area contributed by atoms with Gasteiger partial charge in [-0.25, -0.2) is 0 Å². The SMILES string of the molecule is COc1cc(Cl)c(C(C)NC(=O)c2cccc3ccc(C(C)(C)C(F)(F)F)nc23)cc1C. The Hall–Kier alpha value is -2.80. The maximum absolute atomic E-state index is 13.5. The van der Waals surface area contributed by atoms with Crippen molar-refractivity contribution in [3.8, 4) is 5.75 Å². The summed E-state index contributed by atoms with van der Waals surface area (Å²) >= 11 is 6.36. The highest BCUT2D eigenvalue weighted by molar-refractivity contribution is 6.31. The number of carbonyl (C=O) groups is 1. The summed E-state index contributed by atoms with van der Waals surface area (Å²) < 4.78 is 45.8. The van der Waals surface area contributed by atoms with Crippen LogP contribution >= 0.6 is 11.6 Å². The van der Waals surface area contributed by atoms with Crippen LogP contribution in [-0.4, -0.2) is 24.2 Å². The van der Waals surface area contributed by atoms with Crippen molar-refractivity contribution in [3.63, 3.8) is 0 Å². The van der Waals surface area contributed by atoms with E-state index in [4.69, 9.17) is 16.3 Å². The molecule has 0 fully saturated rings. The van der Waals surface area contributed by atoms with E-state index in [0.717, 1.165) is 19.4 Å². The molecule has 0 aliphatic rings. The zero-order chi connectivity index (χ0) is 23.8. The van der Waals surface area contributed by atoms with Gasteiger partial charge in [-0.1, -0.05) is 29.8 Å². The number of ether oxygens (including phenoxy) is 1. The van der Waals surface area contributed by atoms with Crippen molar-refractivity contribution < 1.29 is 22.7 Å². The summed E-state index contributed by atoms with van der Waals surface area (Å²) in [4.78, 5) is 17.3. The number of alkyl halides is 3. The van der Waals surface area contributed by atoms with Crippen molar-refractivity contribution in [2.45, 2.75) is 45.3 Å². The summed E-state index contributed by atoms with van der Waals surface area (Å²) in [6, 6.07) is 10.9. The molecular weight excluding hydrogens is 441 g/mol.